The maximum absolute atomic E-state index is 9.09. The SMILES string of the molecule is Cc1ccc(Br)cc1-c1ncn(C)c1C#N. The summed E-state index contributed by atoms with van der Waals surface area (Å²) in [5, 5.41) is 9.09. The van der Waals surface area contributed by atoms with Crippen LogP contribution < -0.4 is 0 Å². The average molecular weight is 276 g/mol. The zero-order chi connectivity index (χ0) is 11.7. The Morgan fingerprint density at radius 2 is 2.19 bits per heavy atom. The zero-order valence-corrected chi connectivity index (χ0v) is 10.6. The smallest absolute Gasteiger partial charge is 0.147 e. The van der Waals surface area contributed by atoms with Gasteiger partial charge in [0.2, 0.25) is 0 Å². The molecule has 0 amide bonds. The van der Waals surface area contributed by atoms with Crippen molar-refractivity contribution in [2.45, 2.75) is 6.92 Å². The van der Waals surface area contributed by atoms with Crippen LogP contribution in [-0.4, -0.2) is 9.55 Å². The molecule has 3 nitrogen and oxygen atoms in total. The largest absolute Gasteiger partial charge is 0.325 e. The molecule has 2 rings (SSSR count). The van der Waals surface area contributed by atoms with Crippen LogP contribution in [0.4, 0.5) is 0 Å². The molecule has 1 aromatic carbocycles. The van der Waals surface area contributed by atoms with Gasteiger partial charge in [0, 0.05) is 17.1 Å². The molecule has 2 aromatic rings. The fourth-order valence-electron chi connectivity index (χ4n) is 1.61. The molecule has 1 heterocycles. The van der Waals surface area contributed by atoms with Crippen molar-refractivity contribution in [1.82, 2.24) is 9.55 Å². The molecule has 80 valence electrons. The molecular weight excluding hydrogens is 266 g/mol. The Hall–Kier alpha value is -1.60. The second-order valence-electron chi connectivity index (χ2n) is 3.62. The highest BCUT2D eigenvalue weighted by Crippen LogP contribution is 2.27. The predicted molar refractivity (Wildman–Crippen MR) is 65.8 cm³/mol. The van der Waals surface area contributed by atoms with Gasteiger partial charge >= 0.3 is 0 Å². The first-order valence-electron chi connectivity index (χ1n) is 4.81. The minimum absolute atomic E-state index is 0.584. The van der Waals surface area contributed by atoms with E-state index in [0.717, 1.165) is 21.3 Å². The molecule has 0 aliphatic heterocycles. The minimum atomic E-state index is 0.584. The van der Waals surface area contributed by atoms with Gasteiger partial charge in [0.05, 0.1) is 6.33 Å². The number of aryl methyl sites for hydroxylation is 2. The monoisotopic (exact) mass is 275 g/mol. The van der Waals surface area contributed by atoms with E-state index in [4.69, 9.17) is 5.26 Å². The van der Waals surface area contributed by atoms with E-state index in [0.29, 0.717) is 5.69 Å². The van der Waals surface area contributed by atoms with Crippen LogP contribution >= 0.6 is 15.9 Å². The number of hydrogen-bond acceptors (Lipinski definition) is 2. The summed E-state index contributed by atoms with van der Waals surface area (Å²) >= 11 is 3.43. The van der Waals surface area contributed by atoms with Gasteiger partial charge < -0.3 is 4.57 Å². The van der Waals surface area contributed by atoms with Crippen molar-refractivity contribution < 1.29 is 0 Å². The molecule has 0 saturated carbocycles. The van der Waals surface area contributed by atoms with Crippen molar-refractivity contribution in [3.63, 3.8) is 0 Å². The molecule has 0 N–H and O–H groups in total. The Bertz CT molecular complexity index is 578. The second-order valence-corrected chi connectivity index (χ2v) is 4.54. The van der Waals surface area contributed by atoms with E-state index < -0.39 is 0 Å². The third-order valence-corrected chi connectivity index (χ3v) is 2.99. The van der Waals surface area contributed by atoms with Crippen molar-refractivity contribution in [3.05, 3.63) is 40.3 Å². The third kappa shape index (κ3) is 1.74. The molecular formula is C12H10BrN3. The predicted octanol–water partition coefficient (Wildman–Crippen LogP) is 3.03. The van der Waals surface area contributed by atoms with Crippen LogP contribution in [0.3, 0.4) is 0 Å². The van der Waals surface area contributed by atoms with Crippen molar-refractivity contribution in [3.8, 4) is 17.3 Å². The molecule has 0 aliphatic carbocycles. The molecule has 0 saturated heterocycles. The molecule has 0 bridgehead atoms. The second kappa shape index (κ2) is 4.11. The van der Waals surface area contributed by atoms with Gasteiger partial charge in [-0.15, -0.1) is 0 Å². The molecule has 0 radical (unpaired) electrons. The van der Waals surface area contributed by atoms with Crippen LogP contribution in [0.1, 0.15) is 11.3 Å². The number of rotatable bonds is 1. The van der Waals surface area contributed by atoms with Crippen molar-refractivity contribution in [1.29, 1.82) is 5.26 Å². The highest BCUT2D eigenvalue weighted by atomic mass is 79.9. The van der Waals surface area contributed by atoms with Crippen LogP contribution in [-0.2, 0) is 7.05 Å². The zero-order valence-electron chi connectivity index (χ0n) is 9.03. The van der Waals surface area contributed by atoms with Gasteiger partial charge in [0.25, 0.3) is 0 Å². The van der Waals surface area contributed by atoms with Crippen LogP contribution in [0.25, 0.3) is 11.3 Å². The van der Waals surface area contributed by atoms with E-state index >= 15 is 0 Å². The number of benzene rings is 1. The Labute approximate surface area is 102 Å². The average Bonchev–Trinajstić information content (AvgIpc) is 2.63. The van der Waals surface area contributed by atoms with E-state index in [2.05, 4.69) is 27.0 Å². The lowest BCUT2D eigenvalue weighted by atomic mass is 10.0. The standard InChI is InChI=1S/C12H10BrN3/c1-8-3-4-9(13)5-10(8)12-11(6-14)16(2)7-15-12/h3-5,7H,1-2H3. The molecule has 1 aromatic heterocycles. The van der Waals surface area contributed by atoms with Gasteiger partial charge in [0.1, 0.15) is 17.5 Å². The first-order valence-corrected chi connectivity index (χ1v) is 5.60. The highest BCUT2D eigenvalue weighted by Gasteiger charge is 2.12. The summed E-state index contributed by atoms with van der Waals surface area (Å²) in [4.78, 5) is 4.28. The Balaban J connectivity index is 2.68. The molecule has 4 heteroatoms. The van der Waals surface area contributed by atoms with Gasteiger partial charge in [-0.3, -0.25) is 0 Å². The number of imidazole rings is 1. The first kappa shape index (κ1) is 10.9. The Kier molecular flexibility index (Phi) is 2.80. The molecule has 0 unspecified atom stereocenters. The number of nitrogens with zero attached hydrogens (tertiary/aromatic N) is 3. The van der Waals surface area contributed by atoms with Crippen LogP contribution in [0.5, 0.6) is 0 Å². The molecule has 0 fully saturated rings. The van der Waals surface area contributed by atoms with Crippen molar-refractivity contribution in [2.75, 3.05) is 0 Å². The molecule has 16 heavy (non-hydrogen) atoms. The van der Waals surface area contributed by atoms with Gasteiger partial charge in [-0.25, -0.2) is 4.98 Å². The lowest BCUT2D eigenvalue weighted by molar-refractivity contribution is 0.897. The fraction of sp³-hybridized carbons (Fsp3) is 0.167. The van der Waals surface area contributed by atoms with Gasteiger partial charge in [-0.2, -0.15) is 5.26 Å². The summed E-state index contributed by atoms with van der Waals surface area (Å²) in [7, 11) is 1.82. The molecule has 0 aliphatic rings. The van der Waals surface area contributed by atoms with Gasteiger partial charge in [-0.05, 0) is 24.6 Å². The summed E-state index contributed by atoms with van der Waals surface area (Å²) in [5.74, 6) is 0. The number of aromatic nitrogens is 2. The minimum Gasteiger partial charge on any atom is -0.325 e. The summed E-state index contributed by atoms with van der Waals surface area (Å²) in [6.45, 7) is 2.01. The number of hydrogen-bond donors (Lipinski definition) is 0. The van der Waals surface area contributed by atoms with E-state index in [1.807, 2.05) is 32.2 Å². The summed E-state index contributed by atoms with van der Waals surface area (Å²) in [5.41, 5.74) is 3.43. The van der Waals surface area contributed by atoms with Crippen molar-refractivity contribution >= 4 is 15.9 Å². The van der Waals surface area contributed by atoms with Crippen LogP contribution in [0.2, 0.25) is 0 Å². The number of nitriles is 1. The van der Waals surface area contributed by atoms with E-state index in [1.165, 1.54) is 0 Å². The lowest BCUT2D eigenvalue weighted by Crippen LogP contribution is -1.92. The summed E-state index contributed by atoms with van der Waals surface area (Å²) in [6.07, 6.45) is 1.66. The Morgan fingerprint density at radius 3 is 2.88 bits per heavy atom. The third-order valence-electron chi connectivity index (χ3n) is 2.50. The highest BCUT2D eigenvalue weighted by molar-refractivity contribution is 9.10. The van der Waals surface area contributed by atoms with E-state index in [1.54, 1.807) is 10.9 Å². The van der Waals surface area contributed by atoms with E-state index in [-0.39, 0.29) is 0 Å². The summed E-state index contributed by atoms with van der Waals surface area (Å²) in [6, 6.07) is 8.15. The summed E-state index contributed by atoms with van der Waals surface area (Å²) < 4.78 is 2.72. The normalized spacial score (nSPS) is 10.1. The fourth-order valence-corrected chi connectivity index (χ4v) is 1.97. The topological polar surface area (TPSA) is 41.6 Å². The maximum atomic E-state index is 9.09. The van der Waals surface area contributed by atoms with Gasteiger partial charge in [-0.1, -0.05) is 22.0 Å². The Morgan fingerprint density at radius 1 is 1.44 bits per heavy atom. The van der Waals surface area contributed by atoms with Crippen LogP contribution in [0, 0.1) is 18.3 Å². The lowest BCUT2D eigenvalue weighted by Gasteiger charge is -2.04. The maximum Gasteiger partial charge on any atom is 0.147 e. The van der Waals surface area contributed by atoms with E-state index in [9.17, 15) is 0 Å². The van der Waals surface area contributed by atoms with Crippen molar-refractivity contribution in [2.24, 2.45) is 7.05 Å². The molecule has 0 spiro atoms. The first-order chi connectivity index (χ1) is 7.63. The number of halogens is 1. The quantitative estimate of drug-likeness (QED) is 0.803. The van der Waals surface area contributed by atoms with Crippen LogP contribution in [0.15, 0.2) is 29.0 Å². The van der Waals surface area contributed by atoms with Gasteiger partial charge in [0.15, 0.2) is 0 Å². The molecule has 0 atom stereocenters.